The van der Waals surface area contributed by atoms with Crippen molar-refractivity contribution in [3.05, 3.63) is 77.1 Å². The van der Waals surface area contributed by atoms with Gasteiger partial charge in [-0.3, -0.25) is 9.78 Å². The van der Waals surface area contributed by atoms with E-state index in [1.54, 1.807) is 44.3 Å². The molecule has 138 valence electrons. The Morgan fingerprint density at radius 1 is 1.08 bits per heavy atom. The molecule has 1 heterocycles. The minimum Gasteiger partial charge on any atom is -0.322 e. The number of carbonyl (C=O) groups excluding carboxylic acids is 1. The number of nitrogens with two attached hydrogens (primary N) is 1. The number of carbonyl (C=O) groups is 1. The Labute approximate surface area is 162 Å². The fraction of sp³-hybridized carbons (Fsp3) is 0.158. The number of fused-ring (bicyclic) bond motifs is 1. The molecule has 2 aromatic carbocycles. The molecule has 2 N–H and O–H groups in total. The molecule has 0 aliphatic heterocycles. The molecule has 0 unspecified atom stereocenters. The highest BCUT2D eigenvalue weighted by atomic mass is 35.5. The van der Waals surface area contributed by atoms with Gasteiger partial charge in [-0.05, 0) is 43.0 Å². The number of halogens is 4. The molecule has 0 amide bonds. The molecule has 0 bridgehead atoms. The van der Waals surface area contributed by atoms with E-state index >= 15 is 0 Å². The first kappa shape index (κ1) is 22.0. The third kappa shape index (κ3) is 4.01. The molecule has 3 rings (SSSR count). The van der Waals surface area contributed by atoms with Crippen LogP contribution < -0.4 is 5.73 Å². The van der Waals surface area contributed by atoms with E-state index in [0.29, 0.717) is 5.39 Å². The van der Waals surface area contributed by atoms with Crippen LogP contribution in [0.1, 0.15) is 35.3 Å². The maximum atomic E-state index is 14.4. The van der Waals surface area contributed by atoms with Crippen LogP contribution in [0.5, 0.6) is 0 Å². The highest BCUT2D eigenvalue weighted by molar-refractivity contribution is 6.16. The number of hydrogen-bond acceptors (Lipinski definition) is 3. The molecule has 0 aliphatic rings. The molecule has 1 aromatic heterocycles. The first-order valence-electron chi connectivity index (χ1n) is 7.45. The van der Waals surface area contributed by atoms with Crippen LogP contribution in [0.4, 0.5) is 8.78 Å². The molecule has 0 atom stereocenters. The summed E-state index contributed by atoms with van der Waals surface area (Å²) >= 11 is 0. The van der Waals surface area contributed by atoms with Crippen LogP contribution in [-0.2, 0) is 5.54 Å². The Kier molecular flexibility index (Phi) is 6.82. The third-order valence-electron chi connectivity index (χ3n) is 3.94. The molecule has 7 heteroatoms. The Hall–Kier alpha value is -2.08. The summed E-state index contributed by atoms with van der Waals surface area (Å²) < 4.78 is 28.9. The molecule has 3 aromatic rings. The molecular weight excluding hydrogens is 381 g/mol. The van der Waals surface area contributed by atoms with Crippen molar-refractivity contribution >= 4 is 41.4 Å². The molecule has 26 heavy (non-hydrogen) atoms. The van der Waals surface area contributed by atoms with Gasteiger partial charge in [-0.25, -0.2) is 8.78 Å². The molecule has 0 saturated carbocycles. The molecular formula is C19H18Cl2F2N2O. The number of rotatable bonds is 3. The minimum atomic E-state index is -0.917. The molecule has 0 spiro atoms. The van der Waals surface area contributed by atoms with Crippen LogP contribution in [0.15, 0.2) is 48.8 Å². The van der Waals surface area contributed by atoms with Gasteiger partial charge in [0.2, 0.25) is 0 Å². The lowest BCUT2D eigenvalue weighted by Gasteiger charge is -2.20. The zero-order chi connectivity index (χ0) is 17.5. The van der Waals surface area contributed by atoms with Crippen molar-refractivity contribution in [1.82, 2.24) is 4.98 Å². The zero-order valence-corrected chi connectivity index (χ0v) is 15.8. The highest BCUT2D eigenvalue weighted by Gasteiger charge is 2.25. The lowest BCUT2D eigenvalue weighted by molar-refractivity contribution is 0.103. The molecule has 0 radical (unpaired) electrons. The highest BCUT2D eigenvalue weighted by Crippen LogP contribution is 2.27. The summed E-state index contributed by atoms with van der Waals surface area (Å²) in [5.74, 6) is -2.54. The van der Waals surface area contributed by atoms with Crippen LogP contribution in [0.2, 0.25) is 0 Å². The Morgan fingerprint density at radius 3 is 2.27 bits per heavy atom. The van der Waals surface area contributed by atoms with Crippen LogP contribution in [0.25, 0.3) is 10.8 Å². The molecule has 0 fully saturated rings. The SMILES string of the molecule is CC(C)(N)c1cc(F)c(C(=O)c2cccc3cnccc23)c(F)c1.Cl.Cl. The van der Waals surface area contributed by atoms with E-state index in [2.05, 4.69) is 4.98 Å². The van der Waals surface area contributed by atoms with E-state index in [1.165, 1.54) is 6.20 Å². The fourth-order valence-electron chi connectivity index (χ4n) is 2.62. The van der Waals surface area contributed by atoms with Gasteiger partial charge in [0, 0.05) is 28.9 Å². The molecule has 0 saturated heterocycles. The van der Waals surface area contributed by atoms with Crippen molar-refractivity contribution in [2.75, 3.05) is 0 Å². The normalized spacial score (nSPS) is 10.8. The Bertz CT molecular complexity index is 927. The number of nitrogens with zero attached hydrogens (tertiary/aromatic N) is 1. The fourth-order valence-corrected chi connectivity index (χ4v) is 2.62. The van der Waals surface area contributed by atoms with E-state index in [-0.39, 0.29) is 35.9 Å². The standard InChI is InChI=1S/C19H16F2N2O.2ClH/c1-19(2,22)12-8-15(20)17(16(21)9-12)18(24)14-5-3-4-11-10-23-7-6-13(11)14;;/h3-10H,22H2,1-2H3;2*1H. The van der Waals surface area contributed by atoms with Crippen molar-refractivity contribution in [1.29, 1.82) is 0 Å². The van der Waals surface area contributed by atoms with Gasteiger partial charge in [0.05, 0.1) is 5.56 Å². The van der Waals surface area contributed by atoms with Crippen molar-refractivity contribution < 1.29 is 13.6 Å². The maximum Gasteiger partial charge on any atom is 0.199 e. The average Bonchev–Trinajstić information content (AvgIpc) is 2.52. The van der Waals surface area contributed by atoms with Crippen molar-refractivity contribution in [2.24, 2.45) is 5.73 Å². The number of benzene rings is 2. The third-order valence-corrected chi connectivity index (χ3v) is 3.94. The van der Waals surface area contributed by atoms with E-state index in [1.807, 2.05) is 0 Å². The largest absolute Gasteiger partial charge is 0.322 e. The lowest BCUT2D eigenvalue weighted by Crippen LogP contribution is -2.29. The van der Waals surface area contributed by atoms with E-state index in [0.717, 1.165) is 17.5 Å². The number of pyridine rings is 1. The lowest BCUT2D eigenvalue weighted by atomic mass is 9.91. The smallest absolute Gasteiger partial charge is 0.199 e. The van der Waals surface area contributed by atoms with Crippen LogP contribution in [0, 0.1) is 11.6 Å². The van der Waals surface area contributed by atoms with Gasteiger partial charge in [-0.1, -0.05) is 18.2 Å². The Morgan fingerprint density at radius 2 is 1.69 bits per heavy atom. The molecule has 0 aliphatic carbocycles. The summed E-state index contributed by atoms with van der Waals surface area (Å²) in [5, 5.41) is 1.32. The summed E-state index contributed by atoms with van der Waals surface area (Å²) in [6, 6.07) is 8.86. The predicted octanol–water partition coefficient (Wildman–Crippen LogP) is 4.78. The summed E-state index contributed by atoms with van der Waals surface area (Å²) in [6.45, 7) is 3.28. The second-order valence-corrected chi connectivity index (χ2v) is 6.27. The number of ketones is 1. The monoisotopic (exact) mass is 398 g/mol. The van der Waals surface area contributed by atoms with Crippen molar-refractivity contribution in [3.8, 4) is 0 Å². The second kappa shape index (κ2) is 8.08. The molecule has 3 nitrogen and oxygen atoms in total. The predicted molar refractivity (Wildman–Crippen MR) is 103 cm³/mol. The van der Waals surface area contributed by atoms with Crippen LogP contribution in [-0.4, -0.2) is 10.8 Å². The van der Waals surface area contributed by atoms with E-state index < -0.39 is 28.5 Å². The second-order valence-electron chi connectivity index (χ2n) is 6.27. The van der Waals surface area contributed by atoms with Crippen LogP contribution >= 0.6 is 24.8 Å². The van der Waals surface area contributed by atoms with Crippen molar-refractivity contribution in [2.45, 2.75) is 19.4 Å². The van der Waals surface area contributed by atoms with Gasteiger partial charge in [0.15, 0.2) is 5.78 Å². The quantitative estimate of drug-likeness (QED) is 0.645. The first-order chi connectivity index (χ1) is 11.3. The van der Waals surface area contributed by atoms with Gasteiger partial charge >= 0.3 is 0 Å². The maximum absolute atomic E-state index is 14.4. The van der Waals surface area contributed by atoms with Gasteiger partial charge in [-0.15, -0.1) is 24.8 Å². The summed E-state index contributed by atoms with van der Waals surface area (Å²) in [6.07, 6.45) is 3.13. The summed E-state index contributed by atoms with van der Waals surface area (Å²) in [7, 11) is 0. The first-order valence-corrected chi connectivity index (χ1v) is 7.45. The van der Waals surface area contributed by atoms with Gasteiger partial charge in [-0.2, -0.15) is 0 Å². The van der Waals surface area contributed by atoms with Crippen LogP contribution in [0.3, 0.4) is 0 Å². The number of aromatic nitrogens is 1. The zero-order valence-electron chi connectivity index (χ0n) is 14.1. The van der Waals surface area contributed by atoms with E-state index in [4.69, 9.17) is 5.73 Å². The topological polar surface area (TPSA) is 56.0 Å². The van der Waals surface area contributed by atoms with Gasteiger partial charge in [0.25, 0.3) is 0 Å². The van der Waals surface area contributed by atoms with Gasteiger partial charge in [0.1, 0.15) is 11.6 Å². The van der Waals surface area contributed by atoms with Crippen molar-refractivity contribution in [3.63, 3.8) is 0 Å². The minimum absolute atomic E-state index is 0. The average molecular weight is 399 g/mol. The Balaban J connectivity index is 0.00000169. The van der Waals surface area contributed by atoms with Gasteiger partial charge < -0.3 is 5.73 Å². The summed E-state index contributed by atoms with van der Waals surface area (Å²) in [5.41, 5.74) is 4.91. The summed E-state index contributed by atoms with van der Waals surface area (Å²) in [4.78, 5) is 16.7. The van der Waals surface area contributed by atoms with E-state index in [9.17, 15) is 13.6 Å². The number of hydrogen-bond donors (Lipinski definition) is 1.